The summed E-state index contributed by atoms with van der Waals surface area (Å²) >= 11 is 9.17. The average molecular weight is 355 g/mol. The van der Waals surface area contributed by atoms with Gasteiger partial charge in [-0.05, 0) is 40.9 Å². The van der Waals surface area contributed by atoms with E-state index in [0.717, 1.165) is 0 Å². The molecule has 18 heavy (non-hydrogen) atoms. The van der Waals surface area contributed by atoms with Gasteiger partial charge in [0.15, 0.2) is 0 Å². The number of sulfonamides is 1. The van der Waals surface area contributed by atoms with Crippen molar-refractivity contribution in [1.82, 2.24) is 4.72 Å². The van der Waals surface area contributed by atoms with Gasteiger partial charge in [-0.15, -0.1) is 11.6 Å². The highest BCUT2D eigenvalue weighted by molar-refractivity contribution is 9.10. The van der Waals surface area contributed by atoms with Gasteiger partial charge in [-0.3, -0.25) is 0 Å². The first kappa shape index (κ1) is 16.0. The monoisotopic (exact) mass is 353 g/mol. The predicted octanol–water partition coefficient (Wildman–Crippen LogP) is 3.53. The Kier molecular flexibility index (Phi) is 5.65. The third-order valence-electron chi connectivity index (χ3n) is 3.09. The predicted molar refractivity (Wildman–Crippen MR) is 78.5 cm³/mol. The molecule has 3 nitrogen and oxygen atoms in total. The lowest BCUT2D eigenvalue weighted by atomic mass is 9.97. The Morgan fingerprint density at radius 3 is 2.28 bits per heavy atom. The summed E-state index contributed by atoms with van der Waals surface area (Å²) in [5, 5.41) is 0. The largest absolute Gasteiger partial charge is 0.242 e. The zero-order valence-electron chi connectivity index (χ0n) is 10.4. The summed E-state index contributed by atoms with van der Waals surface area (Å²) in [5.41, 5.74) is -0.588. The van der Waals surface area contributed by atoms with E-state index >= 15 is 0 Å². The Balaban J connectivity index is 3.13. The Morgan fingerprint density at radius 1 is 1.28 bits per heavy atom. The van der Waals surface area contributed by atoms with E-state index < -0.39 is 15.6 Å². The van der Waals surface area contributed by atoms with Gasteiger partial charge in [-0.25, -0.2) is 13.1 Å². The standard InChI is InChI=1S/C12H17BrClNO2S/c1-3-12(4-2,9-14)15-18(16,17)11-8-6-5-7-10(11)13/h5-8,15H,3-4,9H2,1-2H3. The van der Waals surface area contributed by atoms with Gasteiger partial charge in [0.1, 0.15) is 0 Å². The molecule has 0 aliphatic rings. The fraction of sp³-hybridized carbons (Fsp3) is 0.500. The van der Waals surface area contributed by atoms with Crippen molar-refractivity contribution in [2.45, 2.75) is 37.1 Å². The highest BCUT2D eigenvalue weighted by Gasteiger charge is 2.32. The molecule has 0 bridgehead atoms. The molecule has 0 aliphatic heterocycles. The van der Waals surface area contributed by atoms with E-state index in [1.165, 1.54) is 0 Å². The minimum Gasteiger partial charge on any atom is -0.207 e. The molecule has 0 aliphatic carbocycles. The molecule has 1 rings (SSSR count). The number of nitrogens with one attached hydrogen (secondary N) is 1. The van der Waals surface area contributed by atoms with E-state index in [0.29, 0.717) is 17.3 Å². The Labute approximate surface area is 122 Å². The maximum Gasteiger partial charge on any atom is 0.242 e. The van der Waals surface area contributed by atoms with Crippen molar-refractivity contribution in [3.63, 3.8) is 0 Å². The quantitative estimate of drug-likeness (QED) is 0.794. The molecule has 0 radical (unpaired) electrons. The molecule has 0 aromatic heterocycles. The van der Waals surface area contributed by atoms with Gasteiger partial charge >= 0.3 is 0 Å². The van der Waals surface area contributed by atoms with Gasteiger partial charge in [0.25, 0.3) is 0 Å². The summed E-state index contributed by atoms with van der Waals surface area (Å²) in [7, 11) is -3.57. The molecule has 0 saturated heterocycles. The molecule has 1 aromatic rings. The van der Waals surface area contributed by atoms with Crippen LogP contribution in [0, 0.1) is 0 Å². The average Bonchev–Trinajstić information content (AvgIpc) is 2.36. The topological polar surface area (TPSA) is 46.2 Å². The van der Waals surface area contributed by atoms with Crippen LogP contribution in [-0.2, 0) is 10.0 Å². The van der Waals surface area contributed by atoms with Crippen LogP contribution in [0.4, 0.5) is 0 Å². The fourth-order valence-electron chi connectivity index (χ4n) is 1.61. The number of alkyl halides is 1. The van der Waals surface area contributed by atoms with Crippen LogP contribution in [0.1, 0.15) is 26.7 Å². The molecule has 0 spiro atoms. The zero-order valence-corrected chi connectivity index (χ0v) is 13.6. The Hall–Kier alpha value is -0.100. The molecule has 6 heteroatoms. The normalized spacial score (nSPS) is 12.7. The lowest BCUT2D eigenvalue weighted by molar-refractivity contribution is 0.394. The molecule has 0 unspecified atom stereocenters. The van der Waals surface area contributed by atoms with E-state index in [1.807, 2.05) is 13.8 Å². The van der Waals surface area contributed by atoms with E-state index in [4.69, 9.17) is 11.6 Å². The number of halogens is 2. The van der Waals surface area contributed by atoms with Crippen molar-refractivity contribution in [3.05, 3.63) is 28.7 Å². The SMILES string of the molecule is CCC(CC)(CCl)NS(=O)(=O)c1ccccc1Br. The van der Waals surface area contributed by atoms with Crippen molar-refractivity contribution in [2.24, 2.45) is 0 Å². The van der Waals surface area contributed by atoms with Crippen molar-refractivity contribution in [1.29, 1.82) is 0 Å². The van der Waals surface area contributed by atoms with Crippen LogP contribution < -0.4 is 4.72 Å². The van der Waals surface area contributed by atoms with Crippen molar-refractivity contribution < 1.29 is 8.42 Å². The summed E-state index contributed by atoms with van der Waals surface area (Å²) in [6, 6.07) is 6.74. The zero-order chi connectivity index (χ0) is 13.8. The van der Waals surface area contributed by atoms with Crippen LogP contribution in [0.15, 0.2) is 33.6 Å². The number of rotatable bonds is 6. The third kappa shape index (κ3) is 3.47. The van der Waals surface area contributed by atoms with Gasteiger partial charge < -0.3 is 0 Å². The summed E-state index contributed by atoms with van der Waals surface area (Å²) in [6.45, 7) is 3.85. The summed E-state index contributed by atoms with van der Waals surface area (Å²) in [6.07, 6.45) is 1.30. The van der Waals surface area contributed by atoms with Crippen molar-refractivity contribution in [3.8, 4) is 0 Å². The number of hydrogen-bond acceptors (Lipinski definition) is 2. The van der Waals surface area contributed by atoms with Crippen molar-refractivity contribution in [2.75, 3.05) is 5.88 Å². The second kappa shape index (κ2) is 6.37. The van der Waals surface area contributed by atoms with Crippen LogP contribution in [0.3, 0.4) is 0 Å². The van der Waals surface area contributed by atoms with Gasteiger partial charge in [0.05, 0.1) is 4.90 Å². The van der Waals surface area contributed by atoms with Crippen LogP contribution in [-0.4, -0.2) is 19.8 Å². The third-order valence-corrected chi connectivity index (χ3v) is 6.19. The lowest BCUT2D eigenvalue weighted by Crippen LogP contribution is -2.49. The molecular weight excluding hydrogens is 338 g/mol. The smallest absolute Gasteiger partial charge is 0.207 e. The Morgan fingerprint density at radius 2 is 1.83 bits per heavy atom. The second-order valence-corrected chi connectivity index (χ2v) is 6.93. The van der Waals surface area contributed by atoms with Gasteiger partial charge in [0.2, 0.25) is 10.0 Å². The number of benzene rings is 1. The van der Waals surface area contributed by atoms with Gasteiger partial charge in [-0.2, -0.15) is 0 Å². The second-order valence-electron chi connectivity index (χ2n) is 4.16. The van der Waals surface area contributed by atoms with Crippen LogP contribution in [0.5, 0.6) is 0 Å². The minimum absolute atomic E-state index is 0.237. The first-order valence-corrected chi connectivity index (χ1v) is 8.56. The van der Waals surface area contributed by atoms with Crippen LogP contribution >= 0.6 is 27.5 Å². The first-order chi connectivity index (χ1) is 8.40. The highest BCUT2D eigenvalue weighted by atomic mass is 79.9. The minimum atomic E-state index is -3.57. The Bertz CT molecular complexity index is 492. The summed E-state index contributed by atoms with van der Waals surface area (Å²) in [5.74, 6) is 0.254. The molecule has 1 N–H and O–H groups in total. The molecule has 102 valence electrons. The van der Waals surface area contributed by atoms with Crippen molar-refractivity contribution >= 4 is 37.6 Å². The molecular formula is C12H17BrClNO2S. The molecule has 0 heterocycles. The summed E-state index contributed by atoms with van der Waals surface area (Å²) < 4.78 is 28.0. The molecule has 1 aromatic carbocycles. The van der Waals surface area contributed by atoms with E-state index in [9.17, 15) is 8.42 Å². The summed E-state index contributed by atoms with van der Waals surface area (Å²) in [4.78, 5) is 0.237. The van der Waals surface area contributed by atoms with Crippen LogP contribution in [0.25, 0.3) is 0 Å². The first-order valence-electron chi connectivity index (χ1n) is 5.75. The molecule has 0 amide bonds. The van der Waals surface area contributed by atoms with E-state index in [1.54, 1.807) is 24.3 Å². The lowest BCUT2D eigenvalue weighted by Gasteiger charge is -2.30. The van der Waals surface area contributed by atoms with Crippen LogP contribution in [0.2, 0.25) is 0 Å². The number of hydrogen-bond donors (Lipinski definition) is 1. The van der Waals surface area contributed by atoms with Gasteiger partial charge in [-0.1, -0.05) is 26.0 Å². The maximum atomic E-state index is 12.3. The fourth-order valence-corrected chi connectivity index (χ4v) is 4.68. The van der Waals surface area contributed by atoms with E-state index in [-0.39, 0.29) is 10.8 Å². The maximum absolute atomic E-state index is 12.3. The van der Waals surface area contributed by atoms with Gasteiger partial charge in [0, 0.05) is 15.9 Å². The molecule has 0 saturated carbocycles. The molecule has 0 atom stereocenters. The molecule has 0 fully saturated rings. The highest BCUT2D eigenvalue weighted by Crippen LogP contribution is 2.25. The van der Waals surface area contributed by atoms with E-state index in [2.05, 4.69) is 20.7 Å².